The first kappa shape index (κ1) is 30.6. The number of aromatic hydroxyl groups is 1. The Labute approximate surface area is 254 Å². The number of nitrogens with zero attached hydrogens (tertiary/aromatic N) is 2. The number of amides is 2. The van der Waals surface area contributed by atoms with Crippen LogP contribution in [0.25, 0.3) is 0 Å². The Hall–Kier alpha value is -4.84. The number of benzene rings is 2. The Morgan fingerprint density at radius 3 is 2.30 bits per heavy atom. The maximum absolute atomic E-state index is 14.1. The number of allylic oxidation sites excluding steroid dienone is 2. The monoisotopic (exact) mass is 604 g/mol. The van der Waals surface area contributed by atoms with Crippen molar-refractivity contribution in [1.29, 1.82) is 0 Å². The molecule has 0 radical (unpaired) electrons. The van der Waals surface area contributed by atoms with Crippen LogP contribution >= 0.6 is 0 Å². The summed E-state index contributed by atoms with van der Waals surface area (Å²) in [5.74, 6) is -5.99. The Balaban J connectivity index is 1.53. The molecule has 12 heteroatoms. The molecular formula is C32H36N4O8. The Kier molecular flexibility index (Phi) is 7.89. The minimum atomic E-state index is -1.27. The molecule has 5 rings (SSSR count). The molecule has 0 aromatic heterocycles. The number of hydrogen-bond donors (Lipinski definition) is 5. The van der Waals surface area contributed by atoms with Gasteiger partial charge in [0, 0.05) is 37.5 Å². The molecule has 3 aliphatic rings. The third kappa shape index (κ3) is 5.04. The van der Waals surface area contributed by atoms with E-state index in [0.29, 0.717) is 17.0 Å². The van der Waals surface area contributed by atoms with E-state index in [9.17, 15) is 34.5 Å². The predicted molar refractivity (Wildman–Crippen MR) is 161 cm³/mol. The summed E-state index contributed by atoms with van der Waals surface area (Å²) >= 11 is 0. The van der Waals surface area contributed by atoms with E-state index in [1.165, 1.54) is 0 Å². The summed E-state index contributed by atoms with van der Waals surface area (Å²) in [6.45, 7) is 1.75. The van der Waals surface area contributed by atoms with E-state index in [1.807, 2.05) is 6.92 Å². The average molecular weight is 605 g/mol. The number of primary amides is 1. The summed E-state index contributed by atoms with van der Waals surface area (Å²) in [6.07, 6.45) is -0.243. The second-order valence-corrected chi connectivity index (χ2v) is 12.0. The van der Waals surface area contributed by atoms with Gasteiger partial charge in [-0.2, -0.15) is 0 Å². The van der Waals surface area contributed by atoms with Crippen LogP contribution in [0, 0.1) is 24.7 Å². The highest BCUT2D eigenvalue weighted by Gasteiger charge is 2.54. The topological polar surface area (TPSA) is 183 Å². The van der Waals surface area contributed by atoms with E-state index in [2.05, 4.69) is 5.32 Å². The number of aliphatic hydroxyl groups is 2. The van der Waals surface area contributed by atoms with Crippen LogP contribution < -0.4 is 20.7 Å². The number of carbonyl (C=O) groups is 4. The van der Waals surface area contributed by atoms with E-state index in [-0.39, 0.29) is 41.8 Å². The summed E-state index contributed by atoms with van der Waals surface area (Å²) in [4.78, 5) is 55.6. The number of rotatable bonds is 6. The molecule has 3 aliphatic carbocycles. The van der Waals surface area contributed by atoms with Crippen molar-refractivity contribution in [2.45, 2.75) is 32.4 Å². The van der Waals surface area contributed by atoms with Crippen LogP contribution in [0.4, 0.5) is 10.5 Å². The quantitative estimate of drug-likeness (QED) is 0.307. The van der Waals surface area contributed by atoms with E-state index >= 15 is 0 Å². The number of phenolic OH excluding ortho intramolecular Hbond substituents is 1. The number of Topliss-reactive ketones (excluding diaryl/α,β-unsaturated/α-hetero) is 2. The number of nitrogens with one attached hydrogen (secondary N) is 1. The van der Waals surface area contributed by atoms with Gasteiger partial charge in [0.15, 0.2) is 11.6 Å². The standard InChI is InChI=1S/C32H36N4O8/c1-14-6-8-17(9-7-14)44-32(43)34-13-16-12-20(35(2)3)18-10-15-11-19-23(28(39)21(15)27(38)22(18)26(16)37)29(40)24(31(33)42)30(41)25(19)36(4)5/h6-9,12,15,19,23,25,37,39,41H,10-11,13H2,1-5H3,(H2,33,42)(H,34,43)/t15?,19-,23?,25+/m1/s1. The summed E-state index contributed by atoms with van der Waals surface area (Å²) in [6, 6.07) is 7.80. The molecule has 0 aliphatic heterocycles. The number of ether oxygens (including phenoxy) is 1. The molecule has 0 saturated heterocycles. The first-order valence-corrected chi connectivity index (χ1v) is 14.2. The summed E-state index contributed by atoms with van der Waals surface area (Å²) in [5, 5.41) is 36.4. The molecule has 2 amide bonds. The Morgan fingerprint density at radius 1 is 1.05 bits per heavy atom. The molecule has 2 aromatic rings. The van der Waals surface area contributed by atoms with Crippen LogP contribution in [-0.2, 0) is 22.6 Å². The minimum absolute atomic E-state index is 0.0151. The molecule has 12 nitrogen and oxygen atoms in total. The molecule has 2 unspecified atom stereocenters. The van der Waals surface area contributed by atoms with Gasteiger partial charge in [-0.05, 0) is 69.5 Å². The van der Waals surface area contributed by atoms with Crippen LogP contribution in [0.3, 0.4) is 0 Å². The molecule has 0 heterocycles. The van der Waals surface area contributed by atoms with Crippen molar-refractivity contribution in [3.8, 4) is 11.5 Å². The first-order valence-electron chi connectivity index (χ1n) is 14.2. The van der Waals surface area contributed by atoms with Gasteiger partial charge in [-0.15, -0.1) is 0 Å². The fourth-order valence-corrected chi connectivity index (χ4v) is 6.82. The van der Waals surface area contributed by atoms with E-state index < -0.39 is 64.5 Å². The summed E-state index contributed by atoms with van der Waals surface area (Å²) in [5.41, 5.74) is 7.25. The highest BCUT2D eigenvalue weighted by molar-refractivity contribution is 6.22. The second-order valence-electron chi connectivity index (χ2n) is 12.0. The molecule has 4 atom stereocenters. The maximum Gasteiger partial charge on any atom is 0.412 e. The number of aliphatic hydroxyl groups excluding tert-OH is 2. The third-order valence-electron chi connectivity index (χ3n) is 8.76. The fraction of sp³-hybridized carbons (Fsp3) is 0.375. The van der Waals surface area contributed by atoms with Crippen LogP contribution in [0.15, 0.2) is 53.0 Å². The molecule has 6 N–H and O–H groups in total. The number of ketones is 2. The lowest BCUT2D eigenvalue weighted by molar-refractivity contribution is -0.127. The average Bonchev–Trinajstić information content (AvgIpc) is 2.93. The molecule has 0 saturated carbocycles. The number of anilines is 1. The smallest absolute Gasteiger partial charge is 0.412 e. The van der Waals surface area contributed by atoms with Crippen molar-refractivity contribution >= 4 is 29.3 Å². The van der Waals surface area contributed by atoms with Gasteiger partial charge in [-0.3, -0.25) is 19.3 Å². The van der Waals surface area contributed by atoms with Crippen molar-refractivity contribution in [1.82, 2.24) is 10.2 Å². The molecule has 0 fully saturated rings. The van der Waals surface area contributed by atoms with Gasteiger partial charge < -0.3 is 36.0 Å². The first-order chi connectivity index (χ1) is 20.7. The highest BCUT2D eigenvalue weighted by atomic mass is 16.6. The van der Waals surface area contributed by atoms with Crippen molar-refractivity contribution < 1.29 is 39.2 Å². The lowest BCUT2D eigenvalue weighted by atomic mass is 9.60. The lowest BCUT2D eigenvalue weighted by Gasteiger charge is -2.46. The molecular weight excluding hydrogens is 568 g/mol. The number of hydrogen-bond acceptors (Lipinski definition) is 10. The molecule has 2 aromatic carbocycles. The van der Waals surface area contributed by atoms with Crippen molar-refractivity contribution in [3.05, 3.63) is 75.3 Å². The lowest BCUT2D eigenvalue weighted by Crippen LogP contribution is -2.53. The largest absolute Gasteiger partial charge is 0.511 e. The zero-order valence-corrected chi connectivity index (χ0v) is 25.2. The Bertz CT molecular complexity index is 1640. The number of carbonyl (C=O) groups excluding carboxylic acids is 4. The van der Waals surface area contributed by atoms with Gasteiger partial charge in [-0.25, -0.2) is 4.79 Å². The van der Waals surface area contributed by atoms with Gasteiger partial charge >= 0.3 is 6.09 Å². The van der Waals surface area contributed by atoms with Gasteiger partial charge in [-0.1, -0.05) is 17.7 Å². The van der Waals surface area contributed by atoms with E-state index in [4.69, 9.17) is 10.5 Å². The summed E-state index contributed by atoms with van der Waals surface area (Å²) < 4.78 is 5.31. The van der Waals surface area contributed by atoms with E-state index in [1.54, 1.807) is 68.3 Å². The zero-order chi connectivity index (χ0) is 32.2. The van der Waals surface area contributed by atoms with Crippen LogP contribution in [0.2, 0.25) is 0 Å². The van der Waals surface area contributed by atoms with Crippen molar-refractivity contribution in [3.63, 3.8) is 0 Å². The van der Waals surface area contributed by atoms with Gasteiger partial charge in [0.05, 0.1) is 17.5 Å². The molecule has 0 bridgehead atoms. The van der Waals surface area contributed by atoms with E-state index in [0.717, 1.165) is 5.56 Å². The maximum atomic E-state index is 14.1. The number of nitrogens with two attached hydrogens (primary N) is 1. The van der Waals surface area contributed by atoms with Gasteiger partial charge in [0.2, 0.25) is 0 Å². The summed E-state index contributed by atoms with van der Waals surface area (Å²) in [7, 11) is 6.93. The van der Waals surface area contributed by atoms with Gasteiger partial charge in [0.1, 0.15) is 28.6 Å². The zero-order valence-electron chi connectivity index (χ0n) is 25.2. The number of likely N-dealkylation sites (N-methyl/N-ethyl adjacent to an activating group) is 1. The SMILES string of the molecule is Cc1ccc(OC(=O)NCc2cc(N(C)C)c3c(c2O)C(=O)C2=C(O)C4C(=O)C(C(N)=O)=C(O)[C@@H](N(C)C)[C@@H]4CC2C3)cc1. The number of phenols is 1. The number of aryl methyl sites for hydroxylation is 1. The normalized spacial score (nSPS) is 22.8. The van der Waals surface area contributed by atoms with Crippen LogP contribution in [-0.4, -0.2) is 78.0 Å². The Morgan fingerprint density at radius 2 is 1.70 bits per heavy atom. The predicted octanol–water partition coefficient (Wildman–Crippen LogP) is 2.67. The van der Waals surface area contributed by atoms with Crippen molar-refractivity contribution in [2.75, 3.05) is 33.1 Å². The van der Waals surface area contributed by atoms with Crippen LogP contribution in [0.1, 0.15) is 33.5 Å². The minimum Gasteiger partial charge on any atom is -0.511 e. The molecule has 44 heavy (non-hydrogen) atoms. The third-order valence-corrected chi connectivity index (χ3v) is 8.76. The fourth-order valence-electron chi connectivity index (χ4n) is 6.82. The van der Waals surface area contributed by atoms with Gasteiger partial charge in [0.25, 0.3) is 5.91 Å². The molecule has 0 spiro atoms. The second kappa shape index (κ2) is 11.3. The van der Waals surface area contributed by atoms with Crippen LogP contribution in [0.5, 0.6) is 11.5 Å². The number of fused-ring (bicyclic) bond motifs is 3. The van der Waals surface area contributed by atoms with Crippen molar-refractivity contribution in [2.24, 2.45) is 23.5 Å². The highest BCUT2D eigenvalue weighted by Crippen LogP contribution is 2.51. The molecule has 232 valence electrons.